The van der Waals surface area contributed by atoms with E-state index in [4.69, 9.17) is 4.42 Å². The Morgan fingerprint density at radius 1 is 1.42 bits per heavy atom. The van der Waals surface area contributed by atoms with Gasteiger partial charge in [0.15, 0.2) is 5.78 Å². The van der Waals surface area contributed by atoms with Crippen LogP contribution in [0.15, 0.2) is 10.7 Å². The number of rotatable bonds is 0. The fourth-order valence-corrected chi connectivity index (χ4v) is 3.95. The van der Waals surface area contributed by atoms with Crippen LogP contribution in [-0.2, 0) is 6.42 Å². The van der Waals surface area contributed by atoms with Gasteiger partial charge in [0.1, 0.15) is 11.4 Å². The predicted molar refractivity (Wildman–Crippen MR) is 68.9 cm³/mol. The summed E-state index contributed by atoms with van der Waals surface area (Å²) in [4.78, 5) is 12.8. The molecule has 1 saturated carbocycles. The molecule has 1 aromatic rings. The van der Waals surface area contributed by atoms with Crippen LogP contribution in [-0.4, -0.2) is 27.7 Å². The van der Waals surface area contributed by atoms with Crippen LogP contribution in [0.1, 0.15) is 48.4 Å². The summed E-state index contributed by atoms with van der Waals surface area (Å²) in [5.41, 5.74) is -1.07. The Labute approximate surface area is 112 Å². The SMILES string of the molecule is Cc1coc2c1C(=O)C1(O)C(C)CCC(O)C1(C)C2. The molecule has 1 fully saturated rings. The lowest BCUT2D eigenvalue weighted by atomic mass is 9.52. The Kier molecular flexibility index (Phi) is 2.51. The lowest BCUT2D eigenvalue weighted by molar-refractivity contribution is -0.167. The van der Waals surface area contributed by atoms with Gasteiger partial charge in [-0.3, -0.25) is 4.79 Å². The first-order valence-corrected chi connectivity index (χ1v) is 6.84. The Morgan fingerprint density at radius 3 is 2.79 bits per heavy atom. The number of aliphatic hydroxyl groups is 2. The summed E-state index contributed by atoms with van der Waals surface area (Å²) in [6, 6.07) is 0. The molecule has 0 amide bonds. The van der Waals surface area contributed by atoms with Crippen molar-refractivity contribution in [3.63, 3.8) is 0 Å². The van der Waals surface area contributed by atoms with Gasteiger partial charge < -0.3 is 14.6 Å². The van der Waals surface area contributed by atoms with E-state index in [1.807, 2.05) is 13.8 Å². The largest absolute Gasteiger partial charge is 0.468 e. The molecule has 0 aromatic carbocycles. The summed E-state index contributed by atoms with van der Waals surface area (Å²) in [6.07, 6.45) is 2.55. The highest BCUT2D eigenvalue weighted by atomic mass is 16.3. The number of fused-ring (bicyclic) bond motifs is 2. The monoisotopic (exact) mass is 264 g/mol. The molecule has 2 aliphatic carbocycles. The molecular formula is C15H20O4. The van der Waals surface area contributed by atoms with E-state index in [1.54, 1.807) is 13.2 Å². The van der Waals surface area contributed by atoms with Crippen molar-refractivity contribution in [3.05, 3.63) is 23.2 Å². The molecule has 4 nitrogen and oxygen atoms in total. The standard InChI is InChI=1S/C15H20O4/c1-8-7-19-10-6-14(3)11(16)5-4-9(2)15(14,18)13(17)12(8)10/h7,9,11,16,18H,4-6H2,1-3H3. The highest BCUT2D eigenvalue weighted by Crippen LogP contribution is 2.54. The summed E-state index contributed by atoms with van der Waals surface area (Å²) in [5.74, 6) is 0.160. The molecule has 4 heteroatoms. The Morgan fingerprint density at radius 2 is 2.11 bits per heavy atom. The molecule has 0 aliphatic heterocycles. The first kappa shape index (κ1) is 12.9. The zero-order valence-corrected chi connectivity index (χ0v) is 11.6. The normalized spacial score (nSPS) is 41.8. The molecule has 3 rings (SSSR count). The molecule has 0 spiro atoms. The van der Waals surface area contributed by atoms with Gasteiger partial charge in [0, 0.05) is 11.8 Å². The minimum atomic E-state index is -1.49. The van der Waals surface area contributed by atoms with Crippen LogP contribution in [0, 0.1) is 18.3 Å². The van der Waals surface area contributed by atoms with Crippen molar-refractivity contribution in [2.45, 2.75) is 51.7 Å². The topological polar surface area (TPSA) is 70.7 Å². The summed E-state index contributed by atoms with van der Waals surface area (Å²) >= 11 is 0. The van der Waals surface area contributed by atoms with Crippen LogP contribution in [0.5, 0.6) is 0 Å². The summed E-state index contributed by atoms with van der Waals surface area (Å²) in [7, 11) is 0. The van der Waals surface area contributed by atoms with Gasteiger partial charge in [-0.2, -0.15) is 0 Å². The minimum absolute atomic E-state index is 0.157. The van der Waals surface area contributed by atoms with Gasteiger partial charge >= 0.3 is 0 Å². The number of hydrogen-bond acceptors (Lipinski definition) is 4. The van der Waals surface area contributed by atoms with Gasteiger partial charge in [-0.05, 0) is 31.2 Å². The lowest BCUT2D eigenvalue weighted by Gasteiger charge is -2.55. The third-order valence-corrected chi connectivity index (χ3v) is 5.34. The third-order valence-electron chi connectivity index (χ3n) is 5.34. The second-order valence-corrected chi connectivity index (χ2v) is 6.40. The van der Waals surface area contributed by atoms with Gasteiger partial charge in [0.2, 0.25) is 0 Å². The highest BCUT2D eigenvalue weighted by Gasteiger charge is 2.64. The molecule has 2 N–H and O–H groups in total. The van der Waals surface area contributed by atoms with Crippen LogP contribution in [0.2, 0.25) is 0 Å². The van der Waals surface area contributed by atoms with Crippen molar-refractivity contribution in [1.82, 2.24) is 0 Å². The van der Waals surface area contributed by atoms with E-state index < -0.39 is 17.1 Å². The zero-order valence-electron chi connectivity index (χ0n) is 11.6. The molecule has 4 atom stereocenters. The minimum Gasteiger partial charge on any atom is -0.468 e. The number of furan rings is 1. The Balaban J connectivity index is 2.23. The van der Waals surface area contributed by atoms with E-state index in [9.17, 15) is 15.0 Å². The second-order valence-electron chi connectivity index (χ2n) is 6.40. The fourth-order valence-electron chi connectivity index (χ4n) is 3.95. The van der Waals surface area contributed by atoms with Crippen molar-refractivity contribution in [1.29, 1.82) is 0 Å². The first-order chi connectivity index (χ1) is 8.82. The number of ketones is 1. The van der Waals surface area contributed by atoms with Crippen molar-refractivity contribution < 1.29 is 19.4 Å². The quantitative estimate of drug-likeness (QED) is 0.750. The van der Waals surface area contributed by atoms with E-state index in [0.29, 0.717) is 30.6 Å². The number of aliphatic hydroxyl groups excluding tert-OH is 1. The third kappa shape index (κ3) is 1.33. The van der Waals surface area contributed by atoms with Crippen molar-refractivity contribution in [2.75, 3.05) is 0 Å². The molecule has 1 heterocycles. The van der Waals surface area contributed by atoms with Gasteiger partial charge in [-0.25, -0.2) is 0 Å². The second kappa shape index (κ2) is 3.70. The molecule has 104 valence electrons. The van der Waals surface area contributed by atoms with Crippen molar-refractivity contribution >= 4 is 5.78 Å². The molecule has 0 saturated heterocycles. The van der Waals surface area contributed by atoms with E-state index in [1.165, 1.54) is 0 Å². The van der Waals surface area contributed by atoms with E-state index in [0.717, 1.165) is 5.56 Å². The average Bonchev–Trinajstić information content (AvgIpc) is 2.72. The lowest BCUT2D eigenvalue weighted by Crippen LogP contribution is -2.67. The van der Waals surface area contributed by atoms with Crippen LogP contribution >= 0.6 is 0 Å². The van der Waals surface area contributed by atoms with Gasteiger partial charge in [0.05, 0.1) is 17.9 Å². The predicted octanol–water partition coefficient (Wildman–Crippen LogP) is 1.86. The maximum absolute atomic E-state index is 12.8. The highest BCUT2D eigenvalue weighted by molar-refractivity contribution is 6.06. The number of carbonyl (C=O) groups excluding carboxylic acids is 1. The molecular weight excluding hydrogens is 244 g/mol. The maximum atomic E-state index is 12.8. The summed E-state index contributed by atoms with van der Waals surface area (Å²) < 4.78 is 5.46. The zero-order chi connectivity index (χ0) is 14.0. The fraction of sp³-hybridized carbons (Fsp3) is 0.667. The van der Waals surface area contributed by atoms with E-state index in [2.05, 4.69) is 0 Å². The summed E-state index contributed by atoms with van der Waals surface area (Å²) in [5, 5.41) is 21.4. The van der Waals surface area contributed by atoms with Crippen LogP contribution < -0.4 is 0 Å². The number of hydrogen-bond donors (Lipinski definition) is 2. The van der Waals surface area contributed by atoms with Crippen molar-refractivity contribution in [2.24, 2.45) is 11.3 Å². The molecule has 0 bridgehead atoms. The van der Waals surface area contributed by atoms with E-state index in [-0.39, 0.29) is 11.7 Å². The molecule has 2 aliphatic rings. The van der Waals surface area contributed by atoms with Gasteiger partial charge in [0.25, 0.3) is 0 Å². The van der Waals surface area contributed by atoms with Crippen LogP contribution in [0.4, 0.5) is 0 Å². The maximum Gasteiger partial charge on any atom is 0.199 e. The molecule has 0 radical (unpaired) electrons. The molecule has 4 unspecified atom stereocenters. The first-order valence-electron chi connectivity index (χ1n) is 6.84. The number of aryl methyl sites for hydroxylation is 1. The smallest absolute Gasteiger partial charge is 0.199 e. The number of Topliss-reactive ketones (excluding diaryl/α,β-unsaturated/α-hetero) is 1. The van der Waals surface area contributed by atoms with Crippen LogP contribution in [0.25, 0.3) is 0 Å². The van der Waals surface area contributed by atoms with E-state index >= 15 is 0 Å². The number of carbonyl (C=O) groups is 1. The Hall–Kier alpha value is -1.13. The Bertz CT molecular complexity index is 546. The van der Waals surface area contributed by atoms with Crippen LogP contribution in [0.3, 0.4) is 0 Å². The summed E-state index contributed by atoms with van der Waals surface area (Å²) in [6.45, 7) is 5.50. The molecule has 19 heavy (non-hydrogen) atoms. The average molecular weight is 264 g/mol. The van der Waals surface area contributed by atoms with Crippen molar-refractivity contribution in [3.8, 4) is 0 Å². The van der Waals surface area contributed by atoms with Gasteiger partial charge in [-0.1, -0.05) is 13.8 Å². The molecule has 1 aromatic heterocycles. The van der Waals surface area contributed by atoms with Gasteiger partial charge in [-0.15, -0.1) is 0 Å².